The largest absolute Gasteiger partial charge is 0.617 e. The number of aliphatic hydroxyl groups excluding tert-OH is 1. The Hall–Kier alpha value is -1.65. The highest BCUT2D eigenvalue weighted by Crippen LogP contribution is 2.42. The van der Waals surface area contributed by atoms with Crippen molar-refractivity contribution in [2.24, 2.45) is 0 Å². The van der Waals surface area contributed by atoms with Crippen molar-refractivity contribution in [1.29, 1.82) is 0 Å². The lowest BCUT2D eigenvalue weighted by molar-refractivity contribution is -0.135. The molecule has 16 heavy (non-hydrogen) atoms. The predicted molar refractivity (Wildman–Crippen MR) is 53.6 cm³/mol. The lowest BCUT2D eigenvalue weighted by Crippen LogP contribution is -2.54. The molecule has 0 bridgehead atoms. The molecule has 2 fully saturated rings. The van der Waals surface area contributed by atoms with Crippen LogP contribution in [0.2, 0.25) is 0 Å². The van der Waals surface area contributed by atoms with Crippen molar-refractivity contribution in [3.63, 3.8) is 0 Å². The highest BCUT2D eigenvalue weighted by molar-refractivity contribution is 7.02. The summed E-state index contributed by atoms with van der Waals surface area (Å²) in [5, 5.41) is 11.7. The Morgan fingerprint density at radius 1 is 1.81 bits per heavy atom. The van der Waals surface area contributed by atoms with E-state index in [2.05, 4.69) is 11.2 Å². The highest BCUT2D eigenvalue weighted by atomic mass is 16.7. The monoisotopic (exact) mass is 223 g/mol. The Balaban J connectivity index is 2.17. The number of rotatable bonds is 2. The highest BCUT2D eigenvalue weighted by Gasteiger charge is 2.67. The molecule has 0 saturated carbocycles. The van der Waals surface area contributed by atoms with Gasteiger partial charge in [-0.1, -0.05) is 5.92 Å². The van der Waals surface area contributed by atoms with E-state index in [1.165, 1.54) is 0 Å². The van der Waals surface area contributed by atoms with E-state index in [-0.39, 0.29) is 19.4 Å². The first-order chi connectivity index (χ1) is 7.58. The zero-order chi connectivity index (χ0) is 11.8. The van der Waals surface area contributed by atoms with Gasteiger partial charge in [0, 0.05) is 0 Å². The van der Waals surface area contributed by atoms with Crippen molar-refractivity contribution in [1.82, 2.24) is 5.32 Å². The summed E-state index contributed by atoms with van der Waals surface area (Å²) in [6.45, 7) is -2.48. The number of terminal acetylenes is 1. The molecule has 2 unspecified atom stereocenters. The molecule has 2 atom stereocenters. The van der Waals surface area contributed by atoms with E-state index in [1.807, 2.05) is 0 Å². The summed E-state index contributed by atoms with van der Waals surface area (Å²) in [7, 11) is 0. The Bertz CT molecular complexity index is 379. The van der Waals surface area contributed by atoms with Gasteiger partial charge in [0.2, 0.25) is 0 Å². The molecule has 0 aromatic heterocycles. The molecule has 2 saturated heterocycles. The van der Waals surface area contributed by atoms with Crippen LogP contribution in [0.3, 0.4) is 0 Å². The fourth-order valence-corrected chi connectivity index (χ4v) is 2.05. The van der Waals surface area contributed by atoms with Crippen LogP contribution in [-0.4, -0.2) is 36.3 Å². The van der Waals surface area contributed by atoms with E-state index < -0.39 is 24.6 Å². The minimum absolute atomic E-state index is 0.0144. The fraction of sp³-hybridized carbons (Fsp3) is 0.444. The van der Waals surface area contributed by atoms with Crippen LogP contribution in [0.15, 0.2) is 0 Å². The summed E-state index contributed by atoms with van der Waals surface area (Å²) >= 11 is 0. The van der Waals surface area contributed by atoms with Crippen LogP contribution in [0, 0.1) is 18.2 Å². The maximum Gasteiger partial charge on any atom is 0.589 e. The molecular weight excluding hydrogens is 213 g/mol. The number of hydrogen-bond donors (Lipinski definition) is 2. The zero-order valence-corrected chi connectivity index (χ0v) is 8.43. The van der Waals surface area contributed by atoms with E-state index in [4.69, 9.17) is 15.7 Å². The summed E-state index contributed by atoms with van der Waals surface area (Å²) < 4.78 is 9.99. The van der Waals surface area contributed by atoms with Gasteiger partial charge in [0.1, 0.15) is 6.42 Å². The lowest BCUT2D eigenvalue weighted by Gasteiger charge is -2.24. The smallest absolute Gasteiger partial charge is 0.589 e. The van der Waals surface area contributed by atoms with Crippen molar-refractivity contribution in [2.45, 2.75) is 19.1 Å². The Labute approximate surface area is 92.3 Å². The molecule has 0 aromatic carbocycles. The van der Waals surface area contributed by atoms with E-state index >= 15 is 0 Å². The van der Waals surface area contributed by atoms with Crippen LogP contribution in [0.5, 0.6) is 0 Å². The molecule has 2 N–H and O–H groups in total. The maximum atomic E-state index is 11.8. The van der Waals surface area contributed by atoms with Gasteiger partial charge >= 0.3 is 12.5 Å². The minimum atomic E-state index is -2.50. The summed E-state index contributed by atoms with van der Waals surface area (Å²) in [5.41, 5.74) is 0. The summed E-state index contributed by atoms with van der Waals surface area (Å²) in [6, 6.07) is 0. The van der Waals surface area contributed by atoms with Crippen molar-refractivity contribution in [3.05, 3.63) is 5.82 Å². The molecule has 1 amide bonds. The van der Waals surface area contributed by atoms with Gasteiger partial charge in [-0.25, -0.2) is 0 Å². The van der Waals surface area contributed by atoms with E-state index in [9.17, 15) is 14.7 Å². The van der Waals surface area contributed by atoms with Crippen LogP contribution < -0.4 is 5.32 Å². The number of carbonyl (C=O) groups excluding carboxylic acids is 2. The van der Waals surface area contributed by atoms with Gasteiger partial charge in [0.05, 0.1) is 13.0 Å². The van der Waals surface area contributed by atoms with Gasteiger partial charge in [-0.3, -0.25) is 4.79 Å². The zero-order valence-electron chi connectivity index (χ0n) is 8.43. The van der Waals surface area contributed by atoms with E-state index in [0.29, 0.717) is 5.82 Å². The van der Waals surface area contributed by atoms with E-state index in [1.54, 1.807) is 0 Å². The van der Waals surface area contributed by atoms with Crippen molar-refractivity contribution < 1.29 is 24.0 Å². The average molecular weight is 223 g/mol. The summed E-state index contributed by atoms with van der Waals surface area (Å²) in [6.07, 6.45) is 4.07. The third-order valence-corrected chi connectivity index (χ3v) is 2.70. The quantitative estimate of drug-likeness (QED) is 0.362. The molecule has 84 valence electrons. The summed E-state index contributed by atoms with van der Waals surface area (Å²) in [4.78, 5) is 22.9. The molecule has 2 rings (SSSR count). The molecule has 6 nitrogen and oxygen atoms in total. The topological polar surface area (TPSA) is 84.9 Å². The Kier molecular flexibility index (Phi) is 2.54. The van der Waals surface area contributed by atoms with Gasteiger partial charge in [-0.2, -0.15) is 0 Å². The van der Waals surface area contributed by atoms with Crippen LogP contribution in [-0.2, 0) is 14.1 Å². The fourth-order valence-electron chi connectivity index (χ4n) is 2.05. The molecule has 0 aromatic rings. The predicted octanol–water partition coefficient (Wildman–Crippen LogP) is -0.848. The first-order valence-corrected chi connectivity index (χ1v) is 4.87. The molecule has 7 heteroatoms. The standard InChI is InChI=1S/C9H10BNO5/c1-2-3-11-9(14)10-6(4-7(12)15-10)5-8(13)16-10/h1,7,12H,3-5H2,(H,11,14). The van der Waals surface area contributed by atoms with Crippen LogP contribution in [0.4, 0.5) is 4.79 Å². The second-order valence-corrected chi connectivity index (χ2v) is 3.75. The van der Waals surface area contributed by atoms with Crippen LogP contribution in [0.1, 0.15) is 12.8 Å². The van der Waals surface area contributed by atoms with Gasteiger partial charge < -0.3 is 24.5 Å². The Morgan fingerprint density at radius 3 is 3.25 bits per heavy atom. The first-order valence-electron chi connectivity index (χ1n) is 4.87. The molecule has 0 spiro atoms. The third-order valence-electron chi connectivity index (χ3n) is 2.70. The number of nitrogens with one attached hydrogen (secondary N) is 1. The van der Waals surface area contributed by atoms with Crippen molar-refractivity contribution in [3.8, 4) is 12.3 Å². The van der Waals surface area contributed by atoms with Crippen LogP contribution >= 0.6 is 0 Å². The molecule has 2 aliphatic heterocycles. The van der Waals surface area contributed by atoms with E-state index in [0.717, 1.165) is 0 Å². The normalized spacial score (nSPS) is 31.9. The second-order valence-electron chi connectivity index (χ2n) is 3.75. The molecule has 2 heterocycles. The molecule has 0 radical (unpaired) electrons. The van der Waals surface area contributed by atoms with Gasteiger partial charge in [0.25, 0.3) is 0 Å². The maximum absolute atomic E-state index is 11.8. The number of hydrogen-bond acceptors (Lipinski definition) is 5. The molecular formula is C9H10BNO5. The average Bonchev–Trinajstić information content (AvgIpc) is 2.66. The van der Waals surface area contributed by atoms with Crippen molar-refractivity contribution in [2.75, 3.05) is 6.54 Å². The molecule has 2 aliphatic rings. The minimum Gasteiger partial charge on any atom is -0.617 e. The first kappa shape index (κ1) is 10.9. The number of aliphatic hydroxyl groups is 1. The van der Waals surface area contributed by atoms with Crippen LogP contribution in [0.25, 0.3) is 0 Å². The lowest BCUT2D eigenvalue weighted by atomic mass is 9.48. The summed E-state index contributed by atoms with van der Waals surface area (Å²) in [5.74, 6) is 1.62. The Morgan fingerprint density at radius 2 is 2.56 bits per heavy atom. The number of carbonyl (C=O) groups is 2. The van der Waals surface area contributed by atoms with Gasteiger partial charge in [-0.15, -0.1) is 6.42 Å². The molecule has 0 aliphatic carbocycles. The second kappa shape index (κ2) is 3.74. The van der Waals surface area contributed by atoms with Crippen molar-refractivity contribution >= 4 is 18.3 Å². The number of amides is 1. The SMILES string of the molecule is C#CCNC(=O)[B-]12OC(=O)C[C+]1CC(O)O2. The number of fused-ring (bicyclic) bond motifs is 1. The van der Waals surface area contributed by atoms with Gasteiger partial charge in [-0.05, 0) is 5.82 Å². The van der Waals surface area contributed by atoms with Gasteiger partial charge in [0.15, 0.2) is 12.1 Å². The third kappa shape index (κ3) is 1.52.